The molecule has 0 saturated carbocycles. The fraction of sp³-hybridized carbons (Fsp3) is 0.462. The van der Waals surface area contributed by atoms with Gasteiger partial charge in [0.25, 0.3) is 0 Å². The molecule has 0 radical (unpaired) electrons. The van der Waals surface area contributed by atoms with Crippen molar-refractivity contribution >= 4 is 21.7 Å². The quantitative estimate of drug-likeness (QED) is 0.429. The number of alkyl halides is 1. The first-order chi connectivity index (χ1) is 8.60. The summed E-state index contributed by atoms with van der Waals surface area (Å²) in [5.41, 5.74) is -0.0196. The predicted molar refractivity (Wildman–Crippen MR) is 69.5 cm³/mol. The fourth-order valence-electron chi connectivity index (χ4n) is 1.67. The van der Waals surface area contributed by atoms with Crippen molar-refractivity contribution in [1.29, 1.82) is 0 Å². The van der Waals surface area contributed by atoms with Gasteiger partial charge in [-0.3, -0.25) is 4.79 Å². The minimum absolute atomic E-state index is 0.0196. The lowest BCUT2D eigenvalue weighted by atomic mass is 10.0. The van der Waals surface area contributed by atoms with Gasteiger partial charge in [0.15, 0.2) is 17.3 Å². The minimum atomic E-state index is -0.846. The molecule has 5 heteroatoms. The highest BCUT2D eigenvalue weighted by Crippen LogP contribution is 2.25. The van der Waals surface area contributed by atoms with E-state index in [2.05, 4.69) is 15.9 Å². The van der Waals surface area contributed by atoms with Crippen LogP contribution in [0.25, 0.3) is 0 Å². The van der Waals surface area contributed by atoms with Crippen LogP contribution in [-0.2, 0) is 0 Å². The molecule has 0 aromatic heterocycles. The van der Waals surface area contributed by atoms with Crippen molar-refractivity contribution in [1.82, 2.24) is 0 Å². The van der Waals surface area contributed by atoms with Crippen LogP contribution in [0.4, 0.5) is 8.78 Å². The lowest BCUT2D eigenvalue weighted by molar-refractivity contribution is 0.0975. The molecule has 18 heavy (non-hydrogen) atoms. The number of carbonyl (C=O) groups is 1. The summed E-state index contributed by atoms with van der Waals surface area (Å²) in [5.74, 6) is -2.08. The molecule has 0 aliphatic rings. The second kappa shape index (κ2) is 7.46. The Kier molecular flexibility index (Phi) is 6.25. The number of ether oxygens (including phenoxy) is 1. The highest BCUT2D eigenvalue weighted by atomic mass is 79.9. The average molecular weight is 321 g/mol. The highest BCUT2D eigenvalue weighted by molar-refractivity contribution is 9.09. The molecule has 1 aromatic carbocycles. The van der Waals surface area contributed by atoms with Gasteiger partial charge < -0.3 is 4.74 Å². The number of rotatable bonds is 7. The number of halogens is 3. The standard InChI is InChI=1S/C13H15BrF2O2/c1-18-13-10(7-9(15)8-11(13)16)12(17)5-3-2-4-6-14/h7-8H,2-6H2,1H3. The zero-order valence-corrected chi connectivity index (χ0v) is 11.7. The zero-order chi connectivity index (χ0) is 13.5. The van der Waals surface area contributed by atoms with Crippen LogP contribution in [-0.4, -0.2) is 18.2 Å². The Hall–Kier alpha value is -0.970. The predicted octanol–water partition coefficient (Wildman–Crippen LogP) is 4.11. The summed E-state index contributed by atoms with van der Waals surface area (Å²) < 4.78 is 31.3. The van der Waals surface area contributed by atoms with Gasteiger partial charge in [-0.25, -0.2) is 8.78 Å². The second-order valence-corrected chi connectivity index (χ2v) is 4.68. The lowest BCUT2D eigenvalue weighted by Gasteiger charge is -2.08. The smallest absolute Gasteiger partial charge is 0.168 e. The van der Waals surface area contributed by atoms with Gasteiger partial charge in [-0.05, 0) is 18.9 Å². The molecule has 0 fully saturated rings. The van der Waals surface area contributed by atoms with Crippen LogP contribution in [0, 0.1) is 11.6 Å². The number of benzene rings is 1. The summed E-state index contributed by atoms with van der Waals surface area (Å²) in [6.07, 6.45) is 2.84. The van der Waals surface area contributed by atoms with Gasteiger partial charge in [0.2, 0.25) is 0 Å². The minimum Gasteiger partial charge on any atom is -0.493 e. The van der Waals surface area contributed by atoms with Crippen molar-refractivity contribution in [3.8, 4) is 5.75 Å². The van der Waals surface area contributed by atoms with E-state index in [1.165, 1.54) is 7.11 Å². The third-order valence-corrected chi connectivity index (χ3v) is 3.11. The number of carbonyl (C=O) groups excluding carboxylic acids is 1. The molecule has 0 aliphatic heterocycles. The molecule has 0 spiro atoms. The van der Waals surface area contributed by atoms with Crippen molar-refractivity contribution in [2.24, 2.45) is 0 Å². The van der Waals surface area contributed by atoms with Gasteiger partial charge in [-0.1, -0.05) is 22.4 Å². The maximum atomic E-state index is 13.4. The first kappa shape index (κ1) is 15.1. The van der Waals surface area contributed by atoms with Gasteiger partial charge in [0.05, 0.1) is 12.7 Å². The molecule has 0 unspecified atom stereocenters. The Morgan fingerprint density at radius 2 is 2.00 bits per heavy atom. The third-order valence-electron chi connectivity index (χ3n) is 2.55. The maximum Gasteiger partial charge on any atom is 0.168 e. The number of Topliss-reactive ketones (excluding diaryl/α,β-unsaturated/α-hetero) is 1. The molecule has 0 saturated heterocycles. The molecule has 100 valence electrons. The summed E-state index contributed by atoms with van der Waals surface area (Å²) in [7, 11) is 1.26. The summed E-state index contributed by atoms with van der Waals surface area (Å²) in [6.45, 7) is 0. The molecule has 2 nitrogen and oxygen atoms in total. The summed E-state index contributed by atoms with van der Waals surface area (Å²) in [4.78, 5) is 11.9. The average Bonchev–Trinajstić information content (AvgIpc) is 2.33. The maximum absolute atomic E-state index is 13.4. The number of unbranched alkanes of at least 4 members (excludes halogenated alkanes) is 2. The zero-order valence-electron chi connectivity index (χ0n) is 10.1. The molecule has 0 aliphatic carbocycles. The fourth-order valence-corrected chi connectivity index (χ4v) is 2.06. The molecule has 0 atom stereocenters. The lowest BCUT2D eigenvalue weighted by Crippen LogP contribution is -2.05. The molecule has 1 aromatic rings. The van der Waals surface area contributed by atoms with Crippen molar-refractivity contribution in [2.45, 2.75) is 25.7 Å². The largest absolute Gasteiger partial charge is 0.493 e. The van der Waals surface area contributed by atoms with Crippen LogP contribution in [0.15, 0.2) is 12.1 Å². The van der Waals surface area contributed by atoms with Crippen LogP contribution in [0.1, 0.15) is 36.0 Å². The molecular weight excluding hydrogens is 306 g/mol. The molecular formula is C13H15BrF2O2. The van der Waals surface area contributed by atoms with E-state index in [1.54, 1.807) is 0 Å². The summed E-state index contributed by atoms with van der Waals surface area (Å²) >= 11 is 3.30. The molecule has 1 rings (SSSR count). The van der Waals surface area contributed by atoms with E-state index >= 15 is 0 Å². The van der Waals surface area contributed by atoms with E-state index in [0.29, 0.717) is 12.5 Å². The molecule has 0 bridgehead atoms. The first-order valence-corrected chi connectivity index (χ1v) is 6.84. The molecule has 0 N–H and O–H groups in total. The van der Waals surface area contributed by atoms with Gasteiger partial charge in [0, 0.05) is 17.8 Å². The SMILES string of the molecule is COc1c(F)cc(F)cc1C(=O)CCCCCBr. The Labute approximate surface area is 113 Å². The Morgan fingerprint density at radius 1 is 1.28 bits per heavy atom. The van der Waals surface area contributed by atoms with E-state index in [9.17, 15) is 13.6 Å². The molecule has 0 amide bonds. The van der Waals surface area contributed by atoms with E-state index in [-0.39, 0.29) is 23.5 Å². The van der Waals surface area contributed by atoms with Gasteiger partial charge >= 0.3 is 0 Å². The van der Waals surface area contributed by atoms with E-state index < -0.39 is 11.6 Å². The Morgan fingerprint density at radius 3 is 2.61 bits per heavy atom. The van der Waals surface area contributed by atoms with Crippen molar-refractivity contribution < 1.29 is 18.3 Å². The van der Waals surface area contributed by atoms with Crippen molar-refractivity contribution in [3.05, 3.63) is 29.3 Å². The van der Waals surface area contributed by atoms with Crippen molar-refractivity contribution in [2.75, 3.05) is 12.4 Å². The van der Waals surface area contributed by atoms with Crippen LogP contribution in [0.2, 0.25) is 0 Å². The summed E-state index contributed by atoms with van der Waals surface area (Å²) in [6, 6.07) is 1.73. The van der Waals surface area contributed by atoms with E-state index in [4.69, 9.17) is 4.74 Å². The number of hydrogen-bond acceptors (Lipinski definition) is 2. The number of methoxy groups -OCH3 is 1. The van der Waals surface area contributed by atoms with Crippen LogP contribution in [0.5, 0.6) is 5.75 Å². The van der Waals surface area contributed by atoms with Gasteiger partial charge in [-0.15, -0.1) is 0 Å². The normalized spacial score (nSPS) is 10.4. The monoisotopic (exact) mass is 320 g/mol. The van der Waals surface area contributed by atoms with Crippen LogP contribution >= 0.6 is 15.9 Å². The van der Waals surface area contributed by atoms with Crippen molar-refractivity contribution in [3.63, 3.8) is 0 Å². The summed E-state index contributed by atoms with van der Waals surface area (Å²) in [5, 5.41) is 0.888. The Balaban J connectivity index is 2.78. The highest BCUT2D eigenvalue weighted by Gasteiger charge is 2.17. The van der Waals surface area contributed by atoms with Crippen LogP contribution < -0.4 is 4.74 Å². The second-order valence-electron chi connectivity index (χ2n) is 3.89. The third kappa shape index (κ3) is 4.05. The topological polar surface area (TPSA) is 26.3 Å². The molecule has 0 heterocycles. The van der Waals surface area contributed by atoms with Crippen LogP contribution in [0.3, 0.4) is 0 Å². The van der Waals surface area contributed by atoms with Gasteiger partial charge in [-0.2, -0.15) is 0 Å². The Bertz CT molecular complexity index is 422. The number of hydrogen-bond donors (Lipinski definition) is 0. The van der Waals surface area contributed by atoms with Gasteiger partial charge in [0.1, 0.15) is 5.82 Å². The van der Waals surface area contributed by atoms with E-state index in [1.807, 2.05) is 0 Å². The van der Waals surface area contributed by atoms with E-state index in [0.717, 1.165) is 24.2 Å². The number of ketones is 1. The first-order valence-electron chi connectivity index (χ1n) is 5.72.